The van der Waals surface area contributed by atoms with Crippen molar-refractivity contribution in [3.8, 4) is 23.8 Å². The molecule has 0 bridgehead atoms. The summed E-state index contributed by atoms with van der Waals surface area (Å²) in [6.45, 7) is 2.63. The fourth-order valence-corrected chi connectivity index (χ4v) is 2.88. The van der Waals surface area contributed by atoms with Crippen LogP contribution in [0.15, 0.2) is 18.2 Å². The molecule has 1 atom stereocenters. The lowest BCUT2D eigenvalue weighted by atomic mass is 9.98. The minimum atomic E-state index is 0.0277. The first-order chi connectivity index (χ1) is 10.8. The number of carbonyl (C=O) groups is 1. The van der Waals surface area contributed by atoms with Gasteiger partial charge in [-0.2, -0.15) is 0 Å². The highest BCUT2D eigenvalue weighted by atomic mass is 16.7. The van der Waals surface area contributed by atoms with E-state index in [9.17, 15) is 4.79 Å². The van der Waals surface area contributed by atoms with Crippen LogP contribution in [0.25, 0.3) is 0 Å². The monoisotopic (exact) mass is 301 g/mol. The van der Waals surface area contributed by atoms with Gasteiger partial charge >= 0.3 is 0 Å². The van der Waals surface area contributed by atoms with Gasteiger partial charge in [-0.15, -0.1) is 6.42 Å². The summed E-state index contributed by atoms with van der Waals surface area (Å²) >= 11 is 0. The Labute approximate surface area is 130 Å². The second-order valence-electron chi connectivity index (χ2n) is 5.55. The smallest absolute Gasteiger partial charge is 0.254 e. The van der Waals surface area contributed by atoms with Crippen LogP contribution in [0.5, 0.6) is 11.5 Å². The maximum Gasteiger partial charge on any atom is 0.254 e. The lowest BCUT2D eigenvalue weighted by Crippen LogP contribution is -2.41. The molecule has 1 fully saturated rings. The van der Waals surface area contributed by atoms with Gasteiger partial charge in [-0.1, -0.05) is 5.92 Å². The third-order valence-electron chi connectivity index (χ3n) is 3.96. The number of hydrogen-bond acceptors (Lipinski definition) is 4. The van der Waals surface area contributed by atoms with Crippen molar-refractivity contribution in [2.75, 3.05) is 33.1 Å². The van der Waals surface area contributed by atoms with E-state index in [0.29, 0.717) is 42.7 Å². The fourth-order valence-electron chi connectivity index (χ4n) is 2.88. The molecule has 1 aromatic carbocycles. The summed E-state index contributed by atoms with van der Waals surface area (Å²) in [6, 6.07) is 5.32. The van der Waals surface area contributed by atoms with Crippen LogP contribution in [0, 0.1) is 18.3 Å². The molecule has 1 amide bonds. The Bertz CT molecular complexity index is 593. The number of likely N-dealkylation sites (tertiary alicyclic amines) is 1. The third-order valence-corrected chi connectivity index (χ3v) is 3.96. The van der Waals surface area contributed by atoms with Gasteiger partial charge in [-0.25, -0.2) is 0 Å². The number of carbonyl (C=O) groups excluding carboxylic acids is 1. The summed E-state index contributed by atoms with van der Waals surface area (Å²) in [6.07, 6.45) is 7.23. The van der Waals surface area contributed by atoms with E-state index < -0.39 is 0 Å². The molecule has 22 heavy (non-hydrogen) atoms. The molecular weight excluding hydrogens is 282 g/mol. The van der Waals surface area contributed by atoms with E-state index in [1.165, 1.54) is 0 Å². The SMILES string of the molecule is C#CCOCC1CCCN(C(=O)c2ccc3c(c2)OCO3)C1. The maximum atomic E-state index is 12.6. The number of nitrogens with zero attached hydrogens (tertiary/aromatic N) is 1. The molecule has 2 heterocycles. The fraction of sp³-hybridized carbons (Fsp3) is 0.471. The molecule has 0 aromatic heterocycles. The van der Waals surface area contributed by atoms with E-state index in [2.05, 4.69) is 5.92 Å². The number of ether oxygens (including phenoxy) is 3. The van der Waals surface area contributed by atoms with Crippen molar-refractivity contribution in [3.63, 3.8) is 0 Å². The topological polar surface area (TPSA) is 48.0 Å². The Hall–Kier alpha value is -2.19. The zero-order valence-corrected chi connectivity index (χ0v) is 12.4. The number of rotatable bonds is 4. The summed E-state index contributed by atoms with van der Waals surface area (Å²) in [7, 11) is 0. The van der Waals surface area contributed by atoms with E-state index in [1.54, 1.807) is 18.2 Å². The molecule has 1 unspecified atom stereocenters. The molecule has 0 N–H and O–H groups in total. The highest BCUT2D eigenvalue weighted by Crippen LogP contribution is 2.33. The van der Waals surface area contributed by atoms with Gasteiger partial charge in [0.15, 0.2) is 11.5 Å². The average Bonchev–Trinajstić information content (AvgIpc) is 3.02. The van der Waals surface area contributed by atoms with Crippen molar-refractivity contribution >= 4 is 5.91 Å². The van der Waals surface area contributed by atoms with Crippen LogP contribution in [0.2, 0.25) is 0 Å². The van der Waals surface area contributed by atoms with Crippen molar-refractivity contribution < 1.29 is 19.0 Å². The molecule has 5 heteroatoms. The first kappa shape index (κ1) is 14.7. The first-order valence-electron chi connectivity index (χ1n) is 7.48. The van der Waals surface area contributed by atoms with Gasteiger partial charge in [-0.3, -0.25) is 4.79 Å². The lowest BCUT2D eigenvalue weighted by Gasteiger charge is -2.32. The van der Waals surface area contributed by atoms with Gasteiger partial charge in [0.05, 0.1) is 6.61 Å². The molecule has 2 aliphatic rings. The Morgan fingerprint density at radius 2 is 2.27 bits per heavy atom. The van der Waals surface area contributed by atoms with E-state index in [0.717, 1.165) is 19.4 Å². The molecule has 116 valence electrons. The first-order valence-corrected chi connectivity index (χ1v) is 7.48. The van der Waals surface area contributed by atoms with E-state index in [4.69, 9.17) is 20.6 Å². The van der Waals surface area contributed by atoms with Crippen LogP contribution in [-0.4, -0.2) is 43.9 Å². The molecular formula is C17H19NO4. The zero-order chi connectivity index (χ0) is 15.4. The second kappa shape index (κ2) is 6.71. The zero-order valence-electron chi connectivity index (χ0n) is 12.4. The normalized spacial score (nSPS) is 19.8. The summed E-state index contributed by atoms with van der Waals surface area (Å²) in [4.78, 5) is 14.5. The van der Waals surface area contributed by atoms with Gasteiger partial charge in [-0.05, 0) is 31.0 Å². The van der Waals surface area contributed by atoms with E-state index in [1.807, 2.05) is 4.90 Å². The Morgan fingerprint density at radius 1 is 1.41 bits per heavy atom. The van der Waals surface area contributed by atoms with Crippen LogP contribution in [0.3, 0.4) is 0 Å². The molecule has 0 aliphatic carbocycles. The van der Waals surface area contributed by atoms with Crippen LogP contribution in [0.1, 0.15) is 23.2 Å². The van der Waals surface area contributed by atoms with Crippen LogP contribution < -0.4 is 9.47 Å². The number of terminal acetylenes is 1. The number of fused-ring (bicyclic) bond motifs is 1. The molecule has 0 spiro atoms. The largest absolute Gasteiger partial charge is 0.454 e. The number of benzene rings is 1. The summed E-state index contributed by atoms with van der Waals surface area (Å²) in [5.41, 5.74) is 0.634. The quantitative estimate of drug-likeness (QED) is 0.630. The van der Waals surface area contributed by atoms with Crippen molar-refractivity contribution in [3.05, 3.63) is 23.8 Å². The molecule has 2 aliphatic heterocycles. The second-order valence-corrected chi connectivity index (χ2v) is 5.55. The molecule has 1 saturated heterocycles. The van der Waals surface area contributed by atoms with Crippen LogP contribution in [-0.2, 0) is 4.74 Å². The lowest BCUT2D eigenvalue weighted by molar-refractivity contribution is 0.0534. The highest BCUT2D eigenvalue weighted by Gasteiger charge is 2.26. The molecule has 0 radical (unpaired) electrons. The highest BCUT2D eigenvalue weighted by molar-refractivity contribution is 5.95. The van der Waals surface area contributed by atoms with Gasteiger partial charge < -0.3 is 19.1 Å². The van der Waals surface area contributed by atoms with E-state index in [-0.39, 0.29) is 12.7 Å². The van der Waals surface area contributed by atoms with Crippen LogP contribution in [0.4, 0.5) is 0 Å². The molecule has 0 saturated carbocycles. The molecule has 1 aromatic rings. The molecule has 3 rings (SSSR count). The Kier molecular flexibility index (Phi) is 4.50. The predicted molar refractivity (Wildman–Crippen MR) is 80.8 cm³/mol. The van der Waals surface area contributed by atoms with Crippen molar-refractivity contribution in [1.29, 1.82) is 0 Å². The van der Waals surface area contributed by atoms with Crippen molar-refractivity contribution in [2.24, 2.45) is 5.92 Å². The molecule has 5 nitrogen and oxygen atoms in total. The standard InChI is InChI=1S/C17H19NO4/c1-2-8-20-11-13-4-3-7-18(10-13)17(19)14-5-6-15-16(9-14)22-12-21-15/h1,5-6,9,13H,3-4,7-8,10-12H2. The predicted octanol–water partition coefficient (Wildman–Crippen LogP) is 1.92. The number of piperidine rings is 1. The maximum absolute atomic E-state index is 12.6. The van der Waals surface area contributed by atoms with Crippen LogP contribution >= 0.6 is 0 Å². The number of hydrogen-bond donors (Lipinski definition) is 0. The number of amides is 1. The van der Waals surface area contributed by atoms with Gasteiger partial charge in [0.2, 0.25) is 6.79 Å². The minimum Gasteiger partial charge on any atom is -0.454 e. The summed E-state index contributed by atoms with van der Waals surface area (Å²) in [5, 5.41) is 0. The van der Waals surface area contributed by atoms with Gasteiger partial charge in [0.25, 0.3) is 5.91 Å². The summed E-state index contributed by atoms with van der Waals surface area (Å²) < 4.78 is 16.0. The van der Waals surface area contributed by atoms with Crippen molar-refractivity contribution in [1.82, 2.24) is 4.90 Å². The Balaban J connectivity index is 1.63. The van der Waals surface area contributed by atoms with E-state index >= 15 is 0 Å². The Morgan fingerprint density at radius 3 is 3.14 bits per heavy atom. The minimum absolute atomic E-state index is 0.0277. The van der Waals surface area contributed by atoms with Gasteiger partial charge in [0, 0.05) is 24.6 Å². The average molecular weight is 301 g/mol. The van der Waals surface area contributed by atoms with Gasteiger partial charge in [0.1, 0.15) is 6.61 Å². The third kappa shape index (κ3) is 3.18. The summed E-state index contributed by atoms with van der Waals surface area (Å²) in [5.74, 6) is 4.16. The van der Waals surface area contributed by atoms with Crippen molar-refractivity contribution in [2.45, 2.75) is 12.8 Å².